The summed E-state index contributed by atoms with van der Waals surface area (Å²) < 4.78 is 32.1. The number of nitrogens with zero attached hydrogens (tertiary/aromatic N) is 3. The second-order valence-electron chi connectivity index (χ2n) is 4.21. The van der Waals surface area contributed by atoms with Gasteiger partial charge < -0.3 is 10.1 Å². The first-order valence-corrected chi connectivity index (χ1v) is 6.68. The highest BCUT2D eigenvalue weighted by atomic mass is 35.5. The summed E-state index contributed by atoms with van der Waals surface area (Å²) in [5.41, 5.74) is -1.18. The van der Waals surface area contributed by atoms with Gasteiger partial charge in [-0.2, -0.15) is 5.10 Å². The van der Waals surface area contributed by atoms with E-state index in [0.29, 0.717) is 0 Å². The Bertz CT molecular complexity index is 736. The van der Waals surface area contributed by atoms with Gasteiger partial charge in [0, 0.05) is 13.2 Å². The van der Waals surface area contributed by atoms with Gasteiger partial charge in [0.25, 0.3) is 12.3 Å². The number of alkyl halides is 2. The van der Waals surface area contributed by atoms with Crippen molar-refractivity contribution in [3.63, 3.8) is 0 Å². The van der Waals surface area contributed by atoms with Crippen molar-refractivity contribution in [1.29, 1.82) is 0 Å². The first kappa shape index (κ1) is 16.8. The van der Waals surface area contributed by atoms with Crippen molar-refractivity contribution in [2.75, 3.05) is 13.7 Å². The minimum atomic E-state index is -3.03. The zero-order valence-corrected chi connectivity index (χ0v) is 12.6. The van der Waals surface area contributed by atoms with Crippen LogP contribution < -0.4 is 5.32 Å². The Morgan fingerprint density at radius 3 is 2.83 bits per heavy atom. The average Bonchev–Trinajstić information content (AvgIpc) is 2.97. The Morgan fingerprint density at radius 2 is 2.22 bits per heavy atom. The Balaban J connectivity index is 2.38. The number of nitrogens with one attached hydrogen (secondary N) is 1. The molecule has 2 aromatic rings. The standard InChI is InChI=1S/C13H11ClF2N4O3/c1-17-9(21)6-23-13(22)7-5-19-20(10(7)11(15)16)12-8(14)3-2-4-18-12/h2-5,11H,6H2,1H3,(H,17,21). The van der Waals surface area contributed by atoms with Crippen molar-refractivity contribution < 1.29 is 23.1 Å². The smallest absolute Gasteiger partial charge is 0.342 e. The zero-order valence-electron chi connectivity index (χ0n) is 11.8. The van der Waals surface area contributed by atoms with E-state index in [0.717, 1.165) is 10.9 Å². The molecule has 2 rings (SSSR count). The van der Waals surface area contributed by atoms with Gasteiger partial charge >= 0.3 is 5.97 Å². The van der Waals surface area contributed by atoms with Crippen molar-refractivity contribution in [2.45, 2.75) is 6.43 Å². The number of likely N-dealkylation sites (N-methyl/N-ethyl adjacent to an activating group) is 1. The number of pyridine rings is 1. The molecule has 0 saturated heterocycles. The van der Waals surface area contributed by atoms with E-state index in [1.807, 2.05) is 0 Å². The zero-order chi connectivity index (χ0) is 17.0. The fourth-order valence-corrected chi connectivity index (χ4v) is 1.91. The summed E-state index contributed by atoms with van der Waals surface area (Å²) in [6.07, 6.45) is -0.765. The molecule has 0 aliphatic rings. The quantitative estimate of drug-likeness (QED) is 0.835. The summed E-state index contributed by atoms with van der Waals surface area (Å²) in [5, 5.41) is 6.05. The lowest BCUT2D eigenvalue weighted by Gasteiger charge is -2.09. The first-order chi connectivity index (χ1) is 11.0. The average molecular weight is 345 g/mol. The molecule has 2 aromatic heterocycles. The van der Waals surface area contributed by atoms with E-state index in [2.05, 4.69) is 20.1 Å². The largest absolute Gasteiger partial charge is 0.452 e. The van der Waals surface area contributed by atoms with E-state index in [9.17, 15) is 18.4 Å². The number of halogens is 3. The number of hydrogen-bond acceptors (Lipinski definition) is 5. The van der Waals surface area contributed by atoms with E-state index in [4.69, 9.17) is 11.6 Å². The van der Waals surface area contributed by atoms with Gasteiger partial charge in [0.15, 0.2) is 12.4 Å². The summed E-state index contributed by atoms with van der Waals surface area (Å²) >= 11 is 5.91. The van der Waals surface area contributed by atoms with Gasteiger partial charge in [-0.15, -0.1) is 0 Å². The highest BCUT2D eigenvalue weighted by Gasteiger charge is 2.27. The molecule has 0 fully saturated rings. The van der Waals surface area contributed by atoms with Crippen LogP contribution >= 0.6 is 11.6 Å². The molecule has 0 aromatic carbocycles. The van der Waals surface area contributed by atoms with Crippen LogP contribution in [0.3, 0.4) is 0 Å². The van der Waals surface area contributed by atoms with Crippen LogP contribution in [-0.2, 0) is 9.53 Å². The number of hydrogen-bond donors (Lipinski definition) is 1. The number of esters is 1. The van der Waals surface area contributed by atoms with Gasteiger partial charge in [0.1, 0.15) is 11.3 Å². The summed E-state index contributed by atoms with van der Waals surface area (Å²) in [6, 6.07) is 2.97. The third-order valence-corrected chi connectivity index (χ3v) is 3.08. The van der Waals surface area contributed by atoms with Crippen LogP contribution in [0.1, 0.15) is 22.5 Å². The molecule has 0 bridgehead atoms. The van der Waals surface area contributed by atoms with Gasteiger partial charge in [-0.3, -0.25) is 4.79 Å². The Labute approximate surface area is 134 Å². The molecule has 1 N–H and O–H groups in total. The number of ether oxygens (including phenoxy) is 1. The molecule has 23 heavy (non-hydrogen) atoms. The molecule has 0 atom stereocenters. The first-order valence-electron chi connectivity index (χ1n) is 6.30. The molecule has 7 nitrogen and oxygen atoms in total. The van der Waals surface area contributed by atoms with Crippen molar-refractivity contribution in [3.05, 3.63) is 40.8 Å². The third-order valence-electron chi connectivity index (χ3n) is 2.79. The van der Waals surface area contributed by atoms with Gasteiger partial charge in [-0.1, -0.05) is 11.6 Å². The Hall–Kier alpha value is -2.55. The number of carbonyl (C=O) groups is 2. The molecule has 0 unspecified atom stereocenters. The molecule has 0 aliphatic carbocycles. The highest BCUT2D eigenvalue weighted by Crippen LogP contribution is 2.28. The summed E-state index contributed by atoms with van der Waals surface area (Å²) in [5.74, 6) is -1.71. The monoisotopic (exact) mass is 344 g/mol. The van der Waals surface area contributed by atoms with Crippen LogP contribution in [0.15, 0.2) is 24.5 Å². The van der Waals surface area contributed by atoms with Gasteiger partial charge in [-0.25, -0.2) is 23.2 Å². The molecule has 0 radical (unpaired) electrons. The summed E-state index contributed by atoms with van der Waals surface area (Å²) in [6.45, 7) is -0.590. The minimum Gasteiger partial charge on any atom is -0.452 e. The second-order valence-corrected chi connectivity index (χ2v) is 4.62. The van der Waals surface area contributed by atoms with Crippen LogP contribution in [0.4, 0.5) is 8.78 Å². The highest BCUT2D eigenvalue weighted by molar-refractivity contribution is 6.32. The summed E-state index contributed by atoms with van der Waals surface area (Å²) in [4.78, 5) is 26.8. The minimum absolute atomic E-state index is 0.0465. The second kappa shape index (κ2) is 7.14. The van der Waals surface area contributed by atoms with Crippen LogP contribution in [-0.4, -0.2) is 40.3 Å². The predicted octanol–water partition coefficient (Wildman–Crippen LogP) is 1.76. The lowest BCUT2D eigenvalue weighted by Crippen LogP contribution is -2.25. The van der Waals surface area contributed by atoms with Crippen LogP contribution in [0.5, 0.6) is 0 Å². The maximum Gasteiger partial charge on any atom is 0.342 e. The fraction of sp³-hybridized carbons (Fsp3) is 0.231. The molecule has 0 aliphatic heterocycles. The molecule has 0 saturated carbocycles. The molecule has 122 valence electrons. The number of amides is 1. The van der Waals surface area contributed by atoms with E-state index in [-0.39, 0.29) is 10.8 Å². The lowest BCUT2D eigenvalue weighted by atomic mass is 10.2. The number of rotatable bonds is 5. The predicted molar refractivity (Wildman–Crippen MR) is 75.7 cm³/mol. The van der Waals surface area contributed by atoms with E-state index in [1.54, 1.807) is 0 Å². The van der Waals surface area contributed by atoms with Gasteiger partial charge in [-0.05, 0) is 12.1 Å². The normalized spacial score (nSPS) is 10.7. The fourth-order valence-electron chi connectivity index (χ4n) is 1.71. The molecular weight excluding hydrogens is 334 g/mol. The van der Waals surface area contributed by atoms with Crippen LogP contribution in [0, 0.1) is 0 Å². The van der Waals surface area contributed by atoms with Crippen molar-refractivity contribution in [1.82, 2.24) is 20.1 Å². The number of carbonyl (C=O) groups excluding carboxylic acids is 2. The summed E-state index contributed by atoms with van der Waals surface area (Å²) in [7, 11) is 1.35. The van der Waals surface area contributed by atoms with Crippen LogP contribution in [0.25, 0.3) is 5.82 Å². The molecule has 10 heteroatoms. The third kappa shape index (κ3) is 3.62. The Morgan fingerprint density at radius 1 is 1.48 bits per heavy atom. The molecular formula is C13H11ClF2N4O3. The SMILES string of the molecule is CNC(=O)COC(=O)c1cnn(-c2ncccc2Cl)c1C(F)F. The molecule has 2 heterocycles. The van der Waals surface area contributed by atoms with E-state index < -0.39 is 36.2 Å². The maximum absolute atomic E-state index is 13.3. The van der Waals surface area contributed by atoms with Gasteiger partial charge in [0.2, 0.25) is 0 Å². The molecule has 0 spiro atoms. The van der Waals surface area contributed by atoms with Crippen molar-refractivity contribution in [3.8, 4) is 5.82 Å². The Kier molecular flexibility index (Phi) is 5.22. The topological polar surface area (TPSA) is 86.1 Å². The van der Waals surface area contributed by atoms with Crippen LogP contribution in [0.2, 0.25) is 5.02 Å². The van der Waals surface area contributed by atoms with E-state index in [1.165, 1.54) is 25.4 Å². The van der Waals surface area contributed by atoms with E-state index >= 15 is 0 Å². The lowest BCUT2D eigenvalue weighted by molar-refractivity contribution is -0.123. The van der Waals surface area contributed by atoms with Crippen molar-refractivity contribution in [2.24, 2.45) is 0 Å². The number of aromatic nitrogens is 3. The molecule has 1 amide bonds. The van der Waals surface area contributed by atoms with Crippen molar-refractivity contribution >= 4 is 23.5 Å². The van der Waals surface area contributed by atoms with Gasteiger partial charge in [0.05, 0.1) is 11.2 Å². The maximum atomic E-state index is 13.3.